The minimum atomic E-state index is -0.357. The topological polar surface area (TPSA) is 38.7 Å². The van der Waals surface area contributed by atoms with Gasteiger partial charge in [0.05, 0.1) is 5.41 Å². The molecule has 0 bridgehead atoms. The summed E-state index contributed by atoms with van der Waals surface area (Å²) in [5.41, 5.74) is 20.2. The largest absolute Gasteiger partial charge is 0.208 e. The highest BCUT2D eigenvalue weighted by Gasteiger charge is 2.51. The quantitative estimate of drug-likeness (QED) is 0.169. The predicted octanol–water partition coefficient (Wildman–Crippen LogP) is 14.2. The Labute approximate surface area is 355 Å². The molecule has 0 unspecified atom stereocenters. The van der Waals surface area contributed by atoms with Gasteiger partial charge < -0.3 is 0 Å². The maximum atomic E-state index is 5.06. The number of nitrogens with zero attached hydrogens (tertiary/aromatic N) is 3. The van der Waals surface area contributed by atoms with E-state index in [9.17, 15) is 0 Å². The molecule has 61 heavy (non-hydrogen) atoms. The second kappa shape index (κ2) is 14.1. The molecule has 0 saturated heterocycles. The monoisotopic (exact) mass is 775 g/mol. The Balaban J connectivity index is 0.902. The predicted molar refractivity (Wildman–Crippen MR) is 249 cm³/mol. The van der Waals surface area contributed by atoms with Crippen LogP contribution in [0.5, 0.6) is 0 Å². The van der Waals surface area contributed by atoms with Crippen molar-refractivity contribution in [3.63, 3.8) is 0 Å². The zero-order chi connectivity index (χ0) is 40.3. The van der Waals surface area contributed by atoms with Crippen LogP contribution < -0.4 is 0 Å². The van der Waals surface area contributed by atoms with E-state index in [-0.39, 0.29) is 5.41 Å². The molecule has 9 aromatic carbocycles. The summed E-state index contributed by atoms with van der Waals surface area (Å²) < 4.78 is 0. The van der Waals surface area contributed by atoms with Crippen molar-refractivity contribution in [2.24, 2.45) is 0 Å². The molecule has 0 amide bonds. The van der Waals surface area contributed by atoms with Crippen molar-refractivity contribution in [1.82, 2.24) is 15.0 Å². The van der Waals surface area contributed by atoms with Gasteiger partial charge in [0, 0.05) is 16.7 Å². The number of hydrogen-bond donors (Lipinski definition) is 0. The van der Waals surface area contributed by atoms with Crippen LogP contribution in [0.25, 0.3) is 89.8 Å². The number of aromatic nitrogens is 3. The second-order valence-corrected chi connectivity index (χ2v) is 15.9. The van der Waals surface area contributed by atoms with Gasteiger partial charge in [0.25, 0.3) is 0 Å². The Morgan fingerprint density at radius 1 is 0.230 bits per heavy atom. The summed E-state index contributed by atoms with van der Waals surface area (Å²) in [6.45, 7) is 0. The van der Waals surface area contributed by atoms with Gasteiger partial charge in [-0.15, -0.1) is 0 Å². The molecule has 3 nitrogen and oxygen atoms in total. The van der Waals surface area contributed by atoms with Crippen LogP contribution in [0.4, 0.5) is 0 Å². The van der Waals surface area contributed by atoms with E-state index in [0.29, 0.717) is 17.5 Å². The Morgan fingerprint density at radius 2 is 0.590 bits per heavy atom. The third-order valence-corrected chi connectivity index (χ3v) is 12.6. The van der Waals surface area contributed by atoms with Gasteiger partial charge in [0.15, 0.2) is 17.5 Å². The molecule has 284 valence electrons. The van der Waals surface area contributed by atoms with E-state index in [1.165, 1.54) is 55.6 Å². The van der Waals surface area contributed by atoms with Gasteiger partial charge in [0.2, 0.25) is 0 Å². The van der Waals surface area contributed by atoms with E-state index >= 15 is 0 Å². The minimum absolute atomic E-state index is 0.357. The molecular formula is C58H37N3. The molecule has 0 fully saturated rings. The number of hydrogen-bond acceptors (Lipinski definition) is 3. The van der Waals surface area contributed by atoms with Gasteiger partial charge >= 0.3 is 0 Å². The molecule has 0 atom stereocenters. The van der Waals surface area contributed by atoms with E-state index in [4.69, 9.17) is 15.0 Å². The van der Waals surface area contributed by atoms with Crippen LogP contribution in [0.2, 0.25) is 0 Å². The first-order valence-electron chi connectivity index (χ1n) is 20.9. The Kier molecular flexibility index (Phi) is 8.07. The maximum Gasteiger partial charge on any atom is 0.164 e. The van der Waals surface area contributed by atoms with Gasteiger partial charge in [-0.25, -0.2) is 15.0 Å². The highest BCUT2D eigenvalue weighted by atomic mass is 15.0. The second-order valence-electron chi connectivity index (χ2n) is 15.9. The Bertz CT molecular complexity index is 3230. The smallest absolute Gasteiger partial charge is 0.164 e. The van der Waals surface area contributed by atoms with Crippen LogP contribution in [0.3, 0.4) is 0 Å². The zero-order valence-electron chi connectivity index (χ0n) is 33.2. The molecule has 0 N–H and O–H groups in total. The molecule has 1 spiro atoms. The van der Waals surface area contributed by atoms with E-state index in [1.54, 1.807) is 0 Å². The van der Waals surface area contributed by atoms with Crippen molar-refractivity contribution in [2.75, 3.05) is 0 Å². The van der Waals surface area contributed by atoms with E-state index in [0.717, 1.165) is 38.9 Å². The van der Waals surface area contributed by atoms with Crippen LogP contribution in [0.15, 0.2) is 224 Å². The third-order valence-electron chi connectivity index (χ3n) is 12.6. The van der Waals surface area contributed by atoms with Gasteiger partial charge in [-0.1, -0.05) is 218 Å². The first-order valence-corrected chi connectivity index (χ1v) is 20.9. The zero-order valence-corrected chi connectivity index (χ0v) is 33.2. The highest BCUT2D eigenvalue weighted by molar-refractivity contribution is 6.00. The first-order chi connectivity index (χ1) is 30.2. The molecule has 10 aromatic rings. The summed E-state index contributed by atoms with van der Waals surface area (Å²) in [5.74, 6) is 1.93. The lowest BCUT2D eigenvalue weighted by Crippen LogP contribution is -2.25. The van der Waals surface area contributed by atoms with Crippen molar-refractivity contribution in [3.05, 3.63) is 247 Å². The minimum Gasteiger partial charge on any atom is -0.208 e. The third kappa shape index (κ3) is 5.55. The first kappa shape index (κ1) is 35.0. The van der Waals surface area contributed by atoms with Crippen molar-refractivity contribution in [1.29, 1.82) is 0 Å². The average molecular weight is 776 g/mol. The fourth-order valence-electron chi connectivity index (χ4n) is 9.86. The summed E-state index contributed by atoms with van der Waals surface area (Å²) in [7, 11) is 0. The number of rotatable bonds is 6. The van der Waals surface area contributed by atoms with Crippen LogP contribution in [0, 0.1) is 0 Å². The van der Waals surface area contributed by atoms with Crippen LogP contribution in [-0.4, -0.2) is 15.0 Å². The fourth-order valence-corrected chi connectivity index (χ4v) is 9.86. The molecule has 0 radical (unpaired) electrons. The van der Waals surface area contributed by atoms with Gasteiger partial charge in [-0.2, -0.15) is 0 Å². The number of benzene rings is 9. The summed E-state index contributed by atoms with van der Waals surface area (Å²) in [5, 5.41) is 0. The standard InChI is InChI=1S/C58H37N3/c1-3-15-38(16-4-1)44-19-13-20-45(37-44)57-60-55(42-17-5-2-6-18-42)59-56(61-57)43-35-31-40(32-36-43)39-29-33-41(34-30-39)46-24-14-28-53-54(46)49-23-9-12-27-52(49)58(53)50-25-10-7-21-47(50)48-22-8-11-26-51(48)58/h1-37H. The molecule has 12 rings (SSSR count). The van der Waals surface area contributed by atoms with Gasteiger partial charge in [-0.3, -0.25) is 0 Å². The highest BCUT2D eigenvalue weighted by Crippen LogP contribution is 2.63. The molecule has 0 aliphatic heterocycles. The van der Waals surface area contributed by atoms with E-state index < -0.39 is 0 Å². The lowest BCUT2D eigenvalue weighted by Gasteiger charge is -2.30. The molecule has 2 aliphatic rings. The summed E-state index contributed by atoms with van der Waals surface area (Å²) in [6, 6.07) is 80.4. The van der Waals surface area contributed by atoms with Crippen molar-refractivity contribution < 1.29 is 0 Å². The van der Waals surface area contributed by atoms with E-state index in [2.05, 4.69) is 188 Å². The number of fused-ring (bicyclic) bond motifs is 10. The Hall–Kier alpha value is -8.01. The molecule has 2 aliphatic carbocycles. The van der Waals surface area contributed by atoms with Crippen LogP contribution in [-0.2, 0) is 5.41 Å². The molecule has 3 heteroatoms. The summed E-state index contributed by atoms with van der Waals surface area (Å²) >= 11 is 0. The summed E-state index contributed by atoms with van der Waals surface area (Å²) in [4.78, 5) is 15.0. The van der Waals surface area contributed by atoms with Crippen molar-refractivity contribution in [3.8, 4) is 89.8 Å². The average Bonchev–Trinajstić information content (AvgIpc) is 3.82. The van der Waals surface area contributed by atoms with Crippen LogP contribution >= 0.6 is 0 Å². The lowest BCUT2D eigenvalue weighted by atomic mass is 9.70. The van der Waals surface area contributed by atoms with Gasteiger partial charge in [-0.05, 0) is 84.0 Å². The SMILES string of the molecule is c1ccc(-c2cccc(-c3nc(-c4ccccc4)nc(-c4ccc(-c5ccc(-c6cccc7c6-c6ccccc6C76c7ccccc7-c7ccccc76)cc5)cc4)n3)c2)cc1. The summed E-state index contributed by atoms with van der Waals surface area (Å²) in [6.07, 6.45) is 0. The molecule has 1 aromatic heterocycles. The van der Waals surface area contributed by atoms with Gasteiger partial charge in [0.1, 0.15) is 0 Å². The lowest BCUT2D eigenvalue weighted by molar-refractivity contribution is 0.794. The molecule has 1 heterocycles. The van der Waals surface area contributed by atoms with Crippen LogP contribution in [0.1, 0.15) is 22.3 Å². The van der Waals surface area contributed by atoms with E-state index in [1.807, 2.05) is 36.4 Å². The molecular weight excluding hydrogens is 739 g/mol. The van der Waals surface area contributed by atoms with Crippen molar-refractivity contribution in [2.45, 2.75) is 5.41 Å². The fraction of sp³-hybridized carbons (Fsp3) is 0.0172. The van der Waals surface area contributed by atoms with Crippen molar-refractivity contribution >= 4 is 0 Å². The normalized spacial score (nSPS) is 12.7. The molecule has 0 saturated carbocycles. The Morgan fingerprint density at radius 3 is 1.20 bits per heavy atom. The maximum absolute atomic E-state index is 5.06.